The van der Waals surface area contributed by atoms with Gasteiger partial charge in [0.25, 0.3) is 5.56 Å². The first-order chi connectivity index (χ1) is 7.75. The van der Waals surface area contributed by atoms with Gasteiger partial charge in [0.15, 0.2) is 0 Å². The van der Waals surface area contributed by atoms with E-state index < -0.39 is 0 Å². The molecule has 0 amide bonds. The number of nitrogens with zero attached hydrogens (tertiary/aromatic N) is 2. The third kappa shape index (κ3) is 1.65. The van der Waals surface area contributed by atoms with E-state index in [1.807, 2.05) is 0 Å². The first-order valence-corrected chi connectivity index (χ1v) is 6.81. The Morgan fingerprint density at radius 3 is 2.75 bits per heavy atom. The molecule has 1 aromatic heterocycles. The Hall–Kier alpha value is -0.590. The largest absolute Gasteiger partial charge is 0.355 e. The maximum Gasteiger partial charge on any atom is 0.266 e. The van der Waals surface area contributed by atoms with Gasteiger partial charge in [-0.25, -0.2) is 4.98 Å². The average molecular weight is 331 g/mol. The quantitative estimate of drug-likeness (QED) is 0.796. The fourth-order valence-corrected chi connectivity index (χ4v) is 3.64. The average Bonchev–Trinajstić information content (AvgIpc) is 2.81. The van der Waals surface area contributed by atoms with Gasteiger partial charge in [0.1, 0.15) is 9.39 Å². The molecule has 86 valence electrons. The summed E-state index contributed by atoms with van der Waals surface area (Å²) >= 11 is 2.09. The van der Waals surface area contributed by atoms with Crippen molar-refractivity contribution in [2.75, 3.05) is 18.0 Å². The summed E-state index contributed by atoms with van der Waals surface area (Å²) in [6, 6.07) is 0. The highest BCUT2D eigenvalue weighted by atomic mass is 127. The van der Waals surface area contributed by atoms with Gasteiger partial charge in [-0.05, 0) is 47.3 Å². The van der Waals surface area contributed by atoms with Gasteiger partial charge >= 0.3 is 0 Å². The topological polar surface area (TPSA) is 49.0 Å². The Labute approximate surface area is 108 Å². The van der Waals surface area contributed by atoms with Crippen LogP contribution in [-0.2, 0) is 0 Å². The second-order valence-corrected chi connectivity index (χ2v) is 5.80. The minimum Gasteiger partial charge on any atom is -0.355 e. The number of hydrogen-bond acceptors (Lipinski definition) is 3. The zero-order valence-corrected chi connectivity index (χ0v) is 11.1. The van der Waals surface area contributed by atoms with E-state index in [-0.39, 0.29) is 5.56 Å². The molecular formula is C11H14IN3O. The van der Waals surface area contributed by atoms with Crippen LogP contribution < -0.4 is 10.5 Å². The molecule has 4 nitrogen and oxygen atoms in total. The van der Waals surface area contributed by atoms with Gasteiger partial charge < -0.3 is 9.88 Å². The van der Waals surface area contributed by atoms with Crippen molar-refractivity contribution in [3.05, 3.63) is 20.3 Å². The fourth-order valence-electron chi connectivity index (χ4n) is 3.00. The smallest absolute Gasteiger partial charge is 0.266 e. The van der Waals surface area contributed by atoms with E-state index in [0.29, 0.717) is 0 Å². The zero-order chi connectivity index (χ0) is 11.1. The summed E-state index contributed by atoms with van der Waals surface area (Å²) < 4.78 is 0.722. The molecule has 16 heavy (non-hydrogen) atoms. The van der Waals surface area contributed by atoms with Crippen LogP contribution in [0, 0.1) is 15.4 Å². The molecule has 0 aromatic carbocycles. The minimum atomic E-state index is -0.0253. The Bertz CT molecular complexity index is 447. The Kier molecular flexibility index (Phi) is 2.65. The number of H-pyrrole nitrogens is 1. The molecule has 2 heterocycles. The van der Waals surface area contributed by atoms with Gasteiger partial charge in [-0.2, -0.15) is 0 Å². The second-order valence-electron chi connectivity index (χ2n) is 4.73. The van der Waals surface area contributed by atoms with Crippen LogP contribution in [0.5, 0.6) is 0 Å². The van der Waals surface area contributed by atoms with Gasteiger partial charge in [-0.1, -0.05) is 6.42 Å². The van der Waals surface area contributed by atoms with Crippen molar-refractivity contribution in [1.82, 2.24) is 9.97 Å². The van der Waals surface area contributed by atoms with Crippen molar-refractivity contribution < 1.29 is 0 Å². The monoisotopic (exact) mass is 331 g/mol. The zero-order valence-electron chi connectivity index (χ0n) is 8.95. The van der Waals surface area contributed by atoms with Crippen molar-refractivity contribution in [3.8, 4) is 0 Å². The van der Waals surface area contributed by atoms with Gasteiger partial charge in [0.05, 0.1) is 6.33 Å². The van der Waals surface area contributed by atoms with Crippen molar-refractivity contribution in [2.24, 2.45) is 11.8 Å². The highest BCUT2D eigenvalue weighted by molar-refractivity contribution is 14.1. The van der Waals surface area contributed by atoms with Crippen LogP contribution in [0.3, 0.4) is 0 Å². The molecule has 5 heteroatoms. The Balaban J connectivity index is 1.89. The van der Waals surface area contributed by atoms with E-state index in [4.69, 9.17) is 0 Å². The van der Waals surface area contributed by atoms with E-state index in [2.05, 4.69) is 37.5 Å². The summed E-state index contributed by atoms with van der Waals surface area (Å²) in [4.78, 5) is 20.7. The SMILES string of the molecule is O=c1[nH]cnc(N2CC3CCCC3C2)c1I. The number of aromatic amines is 1. The third-order valence-electron chi connectivity index (χ3n) is 3.80. The summed E-state index contributed by atoms with van der Waals surface area (Å²) in [5, 5.41) is 0. The molecule has 1 saturated heterocycles. The predicted molar refractivity (Wildman–Crippen MR) is 70.6 cm³/mol. The van der Waals surface area contributed by atoms with Crippen LogP contribution in [0.4, 0.5) is 5.82 Å². The van der Waals surface area contributed by atoms with Gasteiger partial charge in [0.2, 0.25) is 0 Å². The molecule has 0 radical (unpaired) electrons. The lowest BCUT2D eigenvalue weighted by Crippen LogP contribution is -2.26. The van der Waals surface area contributed by atoms with Crippen LogP contribution in [0.2, 0.25) is 0 Å². The molecule has 1 aliphatic carbocycles. The van der Waals surface area contributed by atoms with Crippen LogP contribution >= 0.6 is 22.6 Å². The van der Waals surface area contributed by atoms with Crippen LogP contribution in [0.25, 0.3) is 0 Å². The van der Waals surface area contributed by atoms with Crippen LogP contribution in [0.1, 0.15) is 19.3 Å². The van der Waals surface area contributed by atoms with Crippen molar-refractivity contribution in [1.29, 1.82) is 0 Å². The molecule has 2 unspecified atom stereocenters. The van der Waals surface area contributed by atoms with E-state index in [0.717, 1.165) is 34.3 Å². The normalized spacial score (nSPS) is 28.4. The lowest BCUT2D eigenvalue weighted by molar-refractivity contribution is 0.494. The number of fused-ring (bicyclic) bond motifs is 1. The van der Waals surface area contributed by atoms with Crippen LogP contribution in [0.15, 0.2) is 11.1 Å². The highest BCUT2D eigenvalue weighted by Crippen LogP contribution is 2.39. The van der Waals surface area contributed by atoms with Gasteiger partial charge in [-0.15, -0.1) is 0 Å². The van der Waals surface area contributed by atoms with Gasteiger partial charge in [-0.3, -0.25) is 4.79 Å². The maximum absolute atomic E-state index is 11.5. The molecular weight excluding hydrogens is 317 g/mol. The molecule has 3 rings (SSSR count). The molecule has 2 aliphatic rings. The molecule has 0 bridgehead atoms. The van der Waals surface area contributed by atoms with Crippen molar-refractivity contribution >= 4 is 28.4 Å². The summed E-state index contributed by atoms with van der Waals surface area (Å²) in [5.41, 5.74) is -0.0253. The fraction of sp³-hybridized carbons (Fsp3) is 0.636. The molecule has 0 spiro atoms. The molecule has 2 atom stereocenters. The molecule has 1 N–H and O–H groups in total. The van der Waals surface area contributed by atoms with Gasteiger partial charge in [0, 0.05) is 13.1 Å². The lowest BCUT2D eigenvalue weighted by Gasteiger charge is -2.18. The minimum absolute atomic E-state index is 0.0253. The molecule has 2 fully saturated rings. The molecule has 1 aromatic rings. The summed E-state index contributed by atoms with van der Waals surface area (Å²) in [6.07, 6.45) is 5.58. The van der Waals surface area contributed by atoms with Crippen LogP contribution in [-0.4, -0.2) is 23.1 Å². The van der Waals surface area contributed by atoms with E-state index in [9.17, 15) is 4.79 Å². The number of anilines is 1. The summed E-state index contributed by atoms with van der Waals surface area (Å²) in [5.74, 6) is 2.53. The maximum atomic E-state index is 11.5. The predicted octanol–water partition coefficient (Wildman–Crippen LogP) is 1.61. The first kappa shape index (κ1) is 10.6. The molecule has 1 aliphatic heterocycles. The molecule has 1 saturated carbocycles. The highest BCUT2D eigenvalue weighted by Gasteiger charge is 2.37. The Morgan fingerprint density at radius 2 is 2.06 bits per heavy atom. The lowest BCUT2D eigenvalue weighted by atomic mass is 10.0. The number of rotatable bonds is 1. The standard InChI is InChI=1S/C11H14IN3O/c12-9-10(13-6-14-11(9)16)15-4-7-2-1-3-8(7)5-15/h6-8H,1-5H2,(H,13,14,16). The number of aromatic nitrogens is 2. The van der Waals surface area contributed by atoms with E-state index in [1.54, 1.807) is 0 Å². The summed E-state index contributed by atoms with van der Waals surface area (Å²) in [6.45, 7) is 2.16. The first-order valence-electron chi connectivity index (χ1n) is 5.74. The van der Waals surface area contributed by atoms with Crippen molar-refractivity contribution in [3.63, 3.8) is 0 Å². The van der Waals surface area contributed by atoms with Crippen molar-refractivity contribution in [2.45, 2.75) is 19.3 Å². The van der Waals surface area contributed by atoms with E-state index in [1.165, 1.54) is 25.6 Å². The van der Waals surface area contributed by atoms with E-state index >= 15 is 0 Å². The summed E-state index contributed by atoms with van der Waals surface area (Å²) in [7, 11) is 0. The third-order valence-corrected chi connectivity index (χ3v) is 4.78. The number of nitrogens with one attached hydrogen (secondary N) is 1. The second kappa shape index (κ2) is 4.01. The number of hydrogen-bond donors (Lipinski definition) is 1. The Morgan fingerprint density at radius 1 is 1.38 bits per heavy atom. The number of halogens is 1.